The predicted molar refractivity (Wildman–Crippen MR) is 115 cm³/mol. The van der Waals surface area contributed by atoms with Crippen molar-refractivity contribution in [3.63, 3.8) is 0 Å². The highest BCUT2D eigenvalue weighted by Crippen LogP contribution is 2.25. The van der Waals surface area contributed by atoms with Gasteiger partial charge in [0.15, 0.2) is 6.10 Å². The minimum absolute atomic E-state index is 0.363. The number of aromatic nitrogens is 1. The second-order valence-corrected chi connectivity index (χ2v) is 7.52. The number of anilines is 1. The van der Waals surface area contributed by atoms with Crippen LogP contribution < -0.4 is 5.32 Å². The summed E-state index contributed by atoms with van der Waals surface area (Å²) in [4.78, 5) is 30.0. The maximum atomic E-state index is 12.8. The average Bonchev–Trinajstić information content (AvgIpc) is 2.64. The Kier molecular flexibility index (Phi) is 5.69. The number of amides is 1. The third-order valence-corrected chi connectivity index (χ3v) is 5.12. The van der Waals surface area contributed by atoms with Gasteiger partial charge in [-0.15, -0.1) is 0 Å². The zero-order valence-corrected chi connectivity index (χ0v) is 17.7. The summed E-state index contributed by atoms with van der Waals surface area (Å²) < 4.78 is 5.49. The maximum absolute atomic E-state index is 12.8. The molecule has 150 valence electrons. The summed E-state index contributed by atoms with van der Waals surface area (Å²) in [6.45, 7) is 11.1. The molecule has 0 bridgehead atoms. The number of carbonyl (C=O) groups excluding carboxylic acids is 2. The van der Waals surface area contributed by atoms with Crippen molar-refractivity contribution in [2.24, 2.45) is 0 Å². The Morgan fingerprint density at radius 1 is 1.00 bits per heavy atom. The van der Waals surface area contributed by atoms with E-state index in [-0.39, 0.29) is 5.91 Å². The summed E-state index contributed by atoms with van der Waals surface area (Å²) in [5.41, 5.74) is 6.45. The quantitative estimate of drug-likeness (QED) is 0.639. The SMILES string of the molecule is Cc1cc(C)c(NC(=O)[C@H](C)OC(=O)c2c(C)nc3ccccc3c2C)c(C)c1. The first kappa shape index (κ1) is 20.5. The first-order valence-corrected chi connectivity index (χ1v) is 9.64. The van der Waals surface area contributed by atoms with Gasteiger partial charge in [0.25, 0.3) is 5.91 Å². The molecule has 1 heterocycles. The van der Waals surface area contributed by atoms with E-state index in [1.807, 2.05) is 64.1 Å². The van der Waals surface area contributed by atoms with E-state index >= 15 is 0 Å². The number of carbonyl (C=O) groups is 2. The van der Waals surface area contributed by atoms with Crippen LogP contribution in [0, 0.1) is 34.6 Å². The molecular formula is C24H26N2O3. The summed E-state index contributed by atoms with van der Waals surface area (Å²) in [6.07, 6.45) is -0.937. The normalized spacial score (nSPS) is 11.9. The summed E-state index contributed by atoms with van der Waals surface area (Å²) in [6, 6.07) is 11.7. The number of ether oxygens (including phenoxy) is 1. The van der Waals surface area contributed by atoms with E-state index in [4.69, 9.17) is 4.74 Å². The standard InChI is InChI=1S/C24H26N2O3/c1-13-11-14(2)22(15(3)12-13)26-23(27)18(6)29-24(28)21-16(4)19-9-7-8-10-20(19)25-17(21)5/h7-12,18H,1-6H3,(H,26,27)/t18-/m0/s1. The monoisotopic (exact) mass is 390 g/mol. The molecular weight excluding hydrogens is 364 g/mol. The van der Waals surface area contributed by atoms with E-state index in [1.54, 1.807) is 13.8 Å². The lowest BCUT2D eigenvalue weighted by molar-refractivity contribution is -0.123. The number of aryl methyl sites for hydroxylation is 5. The van der Waals surface area contributed by atoms with Crippen molar-refractivity contribution in [2.75, 3.05) is 5.32 Å². The predicted octanol–water partition coefficient (Wildman–Crippen LogP) is 4.96. The summed E-state index contributed by atoms with van der Waals surface area (Å²) >= 11 is 0. The van der Waals surface area contributed by atoms with Gasteiger partial charge in [-0.1, -0.05) is 35.9 Å². The zero-order chi connectivity index (χ0) is 21.3. The lowest BCUT2D eigenvalue weighted by Crippen LogP contribution is -2.31. The molecule has 1 N–H and O–H groups in total. The zero-order valence-electron chi connectivity index (χ0n) is 17.7. The van der Waals surface area contributed by atoms with Crippen LogP contribution in [0.5, 0.6) is 0 Å². The number of fused-ring (bicyclic) bond motifs is 1. The van der Waals surface area contributed by atoms with Gasteiger partial charge in [0, 0.05) is 11.1 Å². The van der Waals surface area contributed by atoms with Gasteiger partial charge in [-0.05, 0) is 64.3 Å². The van der Waals surface area contributed by atoms with Gasteiger partial charge in [0.05, 0.1) is 16.8 Å². The molecule has 1 atom stereocenters. The van der Waals surface area contributed by atoms with E-state index in [9.17, 15) is 9.59 Å². The van der Waals surface area contributed by atoms with Crippen LogP contribution in [0.4, 0.5) is 5.69 Å². The third kappa shape index (κ3) is 4.14. The van der Waals surface area contributed by atoms with Crippen molar-refractivity contribution in [1.29, 1.82) is 0 Å². The van der Waals surface area contributed by atoms with Crippen molar-refractivity contribution in [3.8, 4) is 0 Å². The second kappa shape index (κ2) is 8.03. The number of pyridine rings is 1. The third-order valence-electron chi connectivity index (χ3n) is 5.12. The van der Waals surface area contributed by atoms with Crippen LogP contribution in [0.3, 0.4) is 0 Å². The van der Waals surface area contributed by atoms with Crippen molar-refractivity contribution in [2.45, 2.75) is 47.6 Å². The number of nitrogens with one attached hydrogen (secondary N) is 1. The van der Waals surface area contributed by atoms with Gasteiger partial charge in [-0.2, -0.15) is 0 Å². The second-order valence-electron chi connectivity index (χ2n) is 7.52. The molecule has 1 amide bonds. The molecule has 3 rings (SSSR count). The molecule has 0 spiro atoms. The highest BCUT2D eigenvalue weighted by Gasteiger charge is 2.24. The molecule has 1 aromatic heterocycles. The molecule has 0 aliphatic heterocycles. The number of rotatable bonds is 4. The molecule has 0 saturated heterocycles. The fraction of sp³-hybridized carbons (Fsp3) is 0.292. The lowest BCUT2D eigenvalue weighted by atomic mass is 10.0. The van der Waals surface area contributed by atoms with Crippen LogP contribution in [0.15, 0.2) is 36.4 Å². The molecule has 0 fully saturated rings. The van der Waals surface area contributed by atoms with Gasteiger partial charge >= 0.3 is 5.97 Å². The molecule has 0 aliphatic rings. The fourth-order valence-corrected chi connectivity index (χ4v) is 3.71. The number of para-hydroxylation sites is 1. The van der Waals surface area contributed by atoms with E-state index in [0.717, 1.165) is 38.8 Å². The Hall–Kier alpha value is -3.21. The average molecular weight is 390 g/mol. The van der Waals surface area contributed by atoms with Crippen LogP contribution in [0.25, 0.3) is 10.9 Å². The van der Waals surface area contributed by atoms with E-state index < -0.39 is 12.1 Å². The first-order chi connectivity index (χ1) is 13.7. The summed E-state index contributed by atoms with van der Waals surface area (Å²) in [5.74, 6) is -0.907. The molecule has 3 aromatic rings. The maximum Gasteiger partial charge on any atom is 0.341 e. The van der Waals surface area contributed by atoms with Gasteiger partial charge < -0.3 is 10.1 Å². The number of benzene rings is 2. The summed E-state index contributed by atoms with van der Waals surface area (Å²) in [5, 5.41) is 3.79. The smallest absolute Gasteiger partial charge is 0.341 e. The Morgan fingerprint density at radius 2 is 1.62 bits per heavy atom. The Balaban J connectivity index is 1.81. The molecule has 0 unspecified atom stereocenters. The first-order valence-electron chi connectivity index (χ1n) is 9.64. The van der Waals surface area contributed by atoms with Crippen molar-refractivity contribution in [3.05, 3.63) is 69.9 Å². The van der Waals surface area contributed by atoms with Crippen LogP contribution in [0.1, 0.15) is 45.2 Å². The Morgan fingerprint density at radius 3 is 2.28 bits per heavy atom. The van der Waals surface area contributed by atoms with Crippen molar-refractivity contribution >= 4 is 28.5 Å². The lowest BCUT2D eigenvalue weighted by Gasteiger charge is -2.18. The molecule has 5 nitrogen and oxygen atoms in total. The fourth-order valence-electron chi connectivity index (χ4n) is 3.71. The highest BCUT2D eigenvalue weighted by atomic mass is 16.5. The number of hydrogen-bond acceptors (Lipinski definition) is 4. The topological polar surface area (TPSA) is 68.3 Å². The van der Waals surface area contributed by atoms with Crippen LogP contribution in [-0.2, 0) is 9.53 Å². The van der Waals surface area contributed by atoms with Gasteiger partial charge in [-0.3, -0.25) is 9.78 Å². The summed E-state index contributed by atoms with van der Waals surface area (Å²) in [7, 11) is 0. The van der Waals surface area contributed by atoms with Crippen LogP contribution in [-0.4, -0.2) is 23.0 Å². The Labute approximate surface area is 171 Å². The number of hydrogen-bond donors (Lipinski definition) is 1. The molecule has 5 heteroatoms. The highest BCUT2D eigenvalue weighted by molar-refractivity contribution is 6.01. The molecule has 0 radical (unpaired) electrons. The van der Waals surface area contributed by atoms with Crippen LogP contribution in [0.2, 0.25) is 0 Å². The molecule has 29 heavy (non-hydrogen) atoms. The molecule has 2 aromatic carbocycles. The van der Waals surface area contributed by atoms with E-state index in [1.165, 1.54) is 0 Å². The number of nitrogens with zero attached hydrogens (tertiary/aromatic N) is 1. The molecule has 0 aliphatic carbocycles. The van der Waals surface area contributed by atoms with Gasteiger partial charge in [0.1, 0.15) is 0 Å². The van der Waals surface area contributed by atoms with Gasteiger partial charge in [0.2, 0.25) is 0 Å². The minimum atomic E-state index is -0.937. The van der Waals surface area contributed by atoms with E-state index in [0.29, 0.717) is 11.3 Å². The van der Waals surface area contributed by atoms with Crippen LogP contribution >= 0.6 is 0 Å². The minimum Gasteiger partial charge on any atom is -0.449 e. The van der Waals surface area contributed by atoms with Crippen molar-refractivity contribution < 1.29 is 14.3 Å². The largest absolute Gasteiger partial charge is 0.449 e. The number of esters is 1. The van der Waals surface area contributed by atoms with Gasteiger partial charge in [-0.25, -0.2) is 4.79 Å². The van der Waals surface area contributed by atoms with Crippen molar-refractivity contribution in [1.82, 2.24) is 4.98 Å². The van der Waals surface area contributed by atoms with E-state index in [2.05, 4.69) is 10.3 Å². The molecule has 0 saturated carbocycles. The Bertz CT molecular complexity index is 1100.